The highest BCUT2D eigenvalue weighted by atomic mass is 19.3. The van der Waals surface area contributed by atoms with Gasteiger partial charge in [0, 0.05) is 37.9 Å². The zero-order valence-corrected chi connectivity index (χ0v) is 10.7. The molecule has 0 heterocycles. The number of nitrogens with two attached hydrogens (primary N) is 1. The van der Waals surface area contributed by atoms with Gasteiger partial charge in [0.25, 0.3) is 0 Å². The minimum Gasteiger partial charge on any atom is -0.338 e. The second kappa shape index (κ2) is 5.51. The van der Waals surface area contributed by atoms with Crippen molar-refractivity contribution in [1.29, 1.82) is 0 Å². The molecule has 5 heteroatoms. The van der Waals surface area contributed by atoms with Gasteiger partial charge in [-0.3, -0.25) is 4.79 Å². The molecule has 0 bridgehead atoms. The molecule has 2 saturated carbocycles. The van der Waals surface area contributed by atoms with Gasteiger partial charge in [0.1, 0.15) is 0 Å². The van der Waals surface area contributed by atoms with Crippen molar-refractivity contribution in [3.63, 3.8) is 0 Å². The highest BCUT2D eigenvalue weighted by Gasteiger charge is 2.41. The van der Waals surface area contributed by atoms with Crippen molar-refractivity contribution in [2.24, 2.45) is 11.7 Å². The minimum absolute atomic E-state index is 0.0723. The molecular formula is C13H22F2N2O. The van der Waals surface area contributed by atoms with E-state index in [0.717, 1.165) is 19.3 Å². The van der Waals surface area contributed by atoms with E-state index in [0.29, 0.717) is 25.9 Å². The number of carbonyl (C=O) groups excluding carboxylic acids is 1. The summed E-state index contributed by atoms with van der Waals surface area (Å²) in [6.07, 6.45) is 3.81. The Morgan fingerprint density at radius 2 is 2.00 bits per heavy atom. The Labute approximate surface area is 107 Å². The van der Waals surface area contributed by atoms with E-state index < -0.39 is 11.8 Å². The molecule has 1 unspecified atom stereocenters. The van der Waals surface area contributed by atoms with Crippen LogP contribution < -0.4 is 5.73 Å². The minimum atomic E-state index is -2.66. The van der Waals surface area contributed by atoms with Crippen LogP contribution in [0.15, 0.2) is 0 Å². The smallest absolute Gasteiger partial charge is 0.248 e. The highest BCUT2D eigenvalue weighted by Crippen LogP contribution is 2.38. The monoisotopic (exact) mass is 260 g/mol. The van der Waals surface area contributed by atoms with E-state index in [1.165, 1.54) is 0 Å². The molecule has 0 spiro atoms. The van der Waals surface area contributed by atoms with Gasteiger partial charge in [0.2, 0.25) is 11.8 Å². The molecule has 2 aliphatic rings. The van der Waals surface area contributed by atoms with Gasteiger partial charge in [-0.15, -0.1) is 0 Å². The number of hydrogen-bond donors (Lipinski definition) is 1. The molecule has 0 aromatic heterocycles. The lowest BCUT2D eigenvalue weighted by molar-refractivity contribution is -0.146. The molecule has 1 amide bonds. The normalized spacial score (nSPS) is 27.6. The SMILES string of the molecule is NCCN(C(=O)C1CCCC(F)(F)C1)C1CCC1. The van der Waals surface area contributed by atoms with Crippen LogP contribution in [0.25, 0.3) is 0 Å². The van der Waals surface area contributed by atoms with Crippen molar-refractivity contribution in [2.75, 3.05) is 13.1 Å². The van der Waals surface area contributed by atoms with E-state index in [4.69, 9.17) is 5.73 Å². The van der Waals surface area contributed by atoms with E-state index in [9.17, 15) is 13.6 Å². The molecular weight excluding hydrogens is 238 g/mol. The Morgan fingerprint density at radius 3 is 2.50 bits per heavy atom. The number of alkyl halides is 2. The molecule has 18 heavy (non-hydrogen) atoms. The molecule has 2 aliphatic carbocycles. The molecule has 2 N–H and O–H groups in total. The summed E-state index contributed by atoms with van der Waals surface area (Å²) in [7, 11) is 0. The van der Waals surface area contributed by atoms with Crippen LogP contribution in [0.3, 0.4) is 0 Å². The highest BCUT2D eigenvalue weighted by molar-refractivity contribution is 5.79. The van der Waals surface area contributed by atoms with E-state index >= 15 is 0 Å². The largest absolute Gasteiger partial charge is 0.338 e. The topological polar surface area (TPSA) is 46.3 Å². The fourth-order valence-electron chi connectivity index (χ4n) is 2.93. The molecule has 0 aromatic rings. The second-order valence-corrected chi connectivity index (χ2v) is 5.55. The summed E-state index contributed by atoms with van der Waals surface area (Å²) in [5, 5.41) is 0. The summed E-state index contributed by atoms with van der Waals surface area (Å²) < 4.78 is 26.7. The van der Waals surface area contributed by atoms with Crippen LogP contribution in [0, 0.1) is 5.92 Å². The first-order valence-corrected chi connectivity index (χ1v) is 6.92. The molecule has 0 saturated heterocycles. The van der Waals surface area contributed by atoms with Crippen LogP contribution in [-0.2, 0) is 4.79 Å². The average molecular weight is 260 g/mol. The summed E-state index contributed by atoms with van der Waals surface area (Å²) in [6, 6.07) is 0.247. The Hall–Kier alpha value is -0.710. The lowest BCUT2D eigenvalue weighted by Crippen LogP contribution is -2.50. The van der Waals surface area contributed by atoms with Crippen molar-refractivity contribution in [1.82, 2.24) is 4.90 Å². The zero-order chi connectivity index (χ0) is 13.2. The number of rotatable bonds is 4. The predicted octanol–water partition coefficient (Wildman–Crippen LogP) is 2.15. The van der Waals surface area contributed by atoms with Crippen molar-refractivity contribution >= 4 is 5.91 Å². The maximum Gasteiger partial charge on any atom is 0.248 e. The lowest BCUT2D eigenvalue weighted by atomic mass is 9.84. The summed E-state index contributed by atoms with van der Waals surface area (Å²) >= 11 is 0. The van der Waals surface area contributed by atoms with Gasteiger partial charge in [-0.1, -0.05) is 0 Å². The first kappa shape index (κ1) is 13.7. The fourth-order valence-corrected chi connectivity index (χ4v) is 2.93. The first-order chi connectivity index (χ1) is 8.53. The molecule has 3 nitrogen and oxygen atoms in total. The number of carbonyl (C=O) groups is 1. The number of amides is 1. The summed E-state index contributed by atoms with van der Waals surface area (Å²) in [5.41, 5.74) is 5.52. The predicted molar refractivity (Wildman–Crippen MR) is 65.3 cm³/mol. The van der Waals surface area contributed by atoms with E-state index in [-0.39, 0.29) is 24.8 Å². The van der Waals surface area contributed by atoms with Crippen molar-refractivity contribution < 1.29 is 13.6 Å². The summed E-state index contributed by atoms with van der Waals surface area (Å²) in [6.45, 7) is 0.914. The third-order valence-corrected chi connectivity index (χ3v) is 4.16. The average Bonchev–Trinajstić information content (AvgIpc) is 2.23. The van der Waals surface area contributed by atoms with Gasteiger partial charge in [-0.25, -0.2) is 8.78 Å². The third-order valence-electron chi connectivity index (χ3n) is 4.16. The fraction of sp³-hybridized carbons (Fsp3) is 0.923. The van der Waals surface area contributed by atoms with Gasteiger partial charge in [0.15, 0.2) is 0 Å². The van der Waals surface area contributed by atoms with Gasteiger partial charge in [0.05, 0.1) is 0 Å². The number of halogens is 2. The van der Waals surface area contributed by atoms with Crippen molar-refractivity contribution in [2.45, 2.75) is 56.9 Å². The van der Waals surface area contributed by atoms with Gasteiger partial charge >= 0.3 is 0 Å². The van der Waals surface area contributed by atoms with Crippen LogP contribution in [-0.4, -0.2) is 35.9 Å². The van der Waals surface area contributed by atoms with Gasteiger partial charge in [-0.05, 0) is 32.1 Å². The number of hydrogen-bond acceptors (Lipinski definition) is 2. The molecule has 1 atom stereocenters. The summed E-state index contributed by atoms with van der Waals surface area (Å²) in [4.78, 5) is 14.1. The Morgan fingerprint density at radius 1 is 1.28 bits per heavy atom. The quantitative estimate of drug-likeness (QED) is 0.842. The zero-order valence-electron chi connectivity index (χ0n) is 10.7. The van der Waals surface area contributed by atoms with Crippen LogP contribution in [0.4, 0.5) is 8.78 Å². The van der Waals surface area contributed by atoms with Crippen LogP contribution >= 0.6 is 0 Å². The Kier molecular flexibility index (Phi) is 4.20. The van der Waals surface area contributed by atoms with Crippen molar-refractivity contribution in [3.05, 3.63) is 0 Å². The van der Waals surface area contributed by atoms with Gasteiger partial charge < -0.3 is 10.6 Å². The van der Waals surface area contributed by atoms with Crippen molar-refractivity contribution in [3.8, 4) is 0 Å². The Balaban J connectivity index is 1.98. The molecule has 0 radical (unpaired) electrons. The maximum absolute atomic E-state index is 13.4. The molecule has 2 rings (SSSR count). The molecule has 0 aromatic carbocycles. The lowest BCUT2D eigenvalue weighted by Gasteiger charge is -2.40. The maximum atomic E-state index is 13.4. The van der Waals surface area contributed by atoms with Crippen LogP contribution in [0.2, 0.25) is 0 Å². The number of nitrogens with zero attached hydrogens (tertiary/aromatic N) is 1. The molecule has 2 fully saturated rings. The van der Waals surface area contributed by atoms with E-state index in [1.54, 1.807) is 4.90 Å². The van der Waals surface area contributed by atoms with Crippen LogP contribution in [0.5, 0.6) is 0 Å². The standard InChI is InChI=1S/C13H22F2N2O/c14-13(15)6-2-3-10(9-13)12(18)17(8-7-16)11-4-1-5-11/h10-11H,1-9,16H2. The molecule has 104 valence electrons. The first-order valence-electron chi connectivity index (χ1n) is 6.92. The van der Waals surface area contributed by atoms with E-state index in [1.807, 2.05) is 0 Å². The summed E-state index contributed by atoms with van der Waals surface area (Å²) in [5.74, 6) is -3.25. The van der Waals surface area contributed by atoms with Gasteiger partial charge in [-0.2, -0.15) is 0 Å². The molecule has 0 aliphatic heterocycles. The third kappa shape index (κ3) is 2.99. The second-order valence-electron chi connectivity index (χ2n) is 5.55. The van der Waals surface area contributed by atoms with E-state index in [2.05, 4.69) is 0 Å². The Bertz CT molecular complexity index is 305. The van der Waals surface area contributed by atoms with Crippen LogP contribution in [0.1, 0.15) is 44.9 Å².